The lowest BCUT2D eigenvalue weighted by atomic mass is 9.90. The lowest BCUT2D eigenvalue weighted by Crippen LogP contribution is -2.52. The van der Waals surface area contributed by atoms with Crippen molar-refractivity contribution >= 4 is 11.8 Å². The molecule has 0 bridgehead atoms. The molecule has 0 spiro atoms. The Labute approximate surface area is 154 Å². The zero-order valence-electron chi connectivity index (χ0n) is 15.5. The third-order valence-electron chi connectivity index (χ3n) is 5.56. The van der Waals surface area contributed by atoms with E-state index in [2.05, 4.69) is 4.90 Å². The Morgan fingerprint density at radius 2 is 1.69 bits per heavy atom. The van der Waals surface area contributed by atoms with Crippen LogP contribution < -0.4 is 0 Å². The molecule has 2 saturated heterocycles. The Balaban J connectivity index is 1.40. The zero-order valence-corrected chi connectivity index (χ0v) is 15.5. The van der Waals surface area contributed by atoms with Crippen LogP contribution in [-0.4, -0.2) is 72.3 Å². The van der Waals surface area contributed by atoms with Crippen molar-refractivity contribution in [1.29, 1.82) is 0 Å². The van der Waals surface area contributed by atoms with E-state index in [1.165, 1.54) is 6.07 Å². The van der Waals surface area contributed by atoms with Crippen molar-refractivity contribution in [2.24, 2.45) is 5.92 Å². The number of piperazine rings is 1. The fourth-order valence-electron chi connectivity index (χ4n) is 3.91. The van der Waals surface area contributed by atoms with Gasteiger partial charge in [-0.15, -0.1) is 0 Å². The monoisotopic (exact) mass is 361 g/mol. The highest BCUT2D eigenvalue weighted by Gasteiger charge is 2.26. The van der Waals surface area contributed by atoms with Crippen LogP contribution in [0.15, 0.2) is 24.3 Å². The van der Waals surface area contributed by atoms with Crippen LogP contribution in [0.5, 0.6) is 0 Å². The van der Waals surface area contributed by atoms with E-state index in [1.54, 1.807) is 24.0 Å². The third-order valence-corrected chi connectivity index (χ3v) is 5.56. The van der Waals surface area contributed by atoms with Crippen LogP contribution in [0, 0.1) is 11.7 Å². The molecule has 0 aliphatic carbocycles. The van der Waals surface area contributed by atoms with Crippen LogP contribution in [0.1, 0.15) is 25.3 Å². The summed E-state index contributed by atoms with van der Waals surface area (Å²) in [7, 11) is 0. The van der Waals surface area contributed by atoms with Crippen molar-refractivity contribution in [2.75, 3.05) is 45.8 Å². The van der Waals surface area contributed by atoms with Crippen molar-refractivity contribution in [3.05, 3.63) is 35.6 Å². The molecule has 0 N–H and O–H groups in total. The van der Waals surface area contributed by atoms with Gasteiger partial charge in [0.2, 0.25) is 11.8 Å². The fourth-order valence-corrected chi connectivity index (χ4v) is 3.91. The Morgan fingerprint density at radius 3 is 2.31 bits per heavy atom. The van der Waals surface area contributed by atoms with Gasteiger partial charge in [0.1, 0.15) is 5.82 Å². The van der Waals surface area contributed by atoms with Gasteiger partial charge >= 0.3 is 0 Å². The summed E-state index contributed by atoms with van der Waals surface area (Å²) in [6, 6.07) is 6.86. The molecule has 26 heavy (non-hydrogen) atoms. The molecule has 0 aromatic heterocycles. The van der Waals surface area contributed by atoms with Crippen LogP contribution in [0.3, 0.4) is 0 Å². The van der Waals surface area contributed by atoms with Gasteiger partial charge in [-0.1, -0.05) is 12.1 Å². The number of hydrogen-bond acceptors (Lipinski definition) is 3. The van der Waals surface area contributed by atoms with E-state index in [0.29, 0.717) is 38.6 Å². The topological polar surface area (TPSA) is 43.9 Å². The molecule has 0 radical (unpaired) electrons. The smallest absolute Gasteiger partial charge is 0.236 e. The van der Waals surface area contributed by atoms with E-state index >= 15 is 0 Å². The summed E-state index contributed by atoms with van der Waals surface area (Å²) in [5.74, 6) is 0.631. The highest BCUT2D eigenvalue weighted by Crippen LogP contribution is 2.22. The molecule has 1 aromatic rings. The minimum Gasteiger partial charge on any atom is -0.339 e. The number of likely N-dealkylation sites (tertiary alicyclic amines) is 1. The maximum atomic E-state index is 13.3. The Morgan fingerprint density at radius 1 is 1.04 bits per heavy atom. The van der Waals surface area contributed by atoms with Gasteiger partial charge in [-0.05, 0) is 56.0 Å². The maximum absolute atomic E-state index is 13.3. The summed E-state index contributed by atoms with van der Waals surface area (Å²) in [5.41, 5.74) is 1.06. The predicted molar refractivity (Wildman–Crippen MR) is 98.1 cm³/mol. The van der Waals surface area contributed by atoms with E-state index in [0.717, 1.165) is 37.9 Å². The van der Waals surface area contributed by atoms with Crippen molar-refractivity contribution in [3.8, 4) is 0 Å². The summed E-state index contributed by atoms with van der Waals surface area (Å²) in [6.07, 6.45) is 3.00. The van der Waals surface area contributed by atoms with E-state index in [1.807, 2.05) is 11.0 Å². The van der Waals surface area contributed by atoms with Crippen molar-refractivity contribution < 1.29 is 14.0 Å². The van der Waals surface area contributed by atoms with Gasteiger partial charge in [-0.3, -0.25) is 14.5 Å². The highest BCUT2D eigenvalue weighted by molar-refractivity contribution is 5.79. The summed E-state index contributed by atoms with van der Waals surface area (Å²) in [6.45, 7) is 6.41. The van der Waals surface area contributed by atoms with Crippen LogP contribution in [0.2, 0.25) is 0 Å². The van der Waals surface area contributed by atoms with Crippen molar-refractivity contribution in [3.63, 3.8) is 0 Å². The first-order valence-corrected chi connectivity index (χ1v) is 9.51. The lowest BCUT2D eigenvalue weighted by Gasteiger charge is -2.37. The number of piperidine rings is 1. The van der Waals surface area contributed by atoms with Crippen molar-refractivity contribution in [1.82, 2.24) is 14.7 Å². The van der Waals surface area contributed by atoms with Gasteiger partial charge in [-0.25, -0.2) is 4.39 Å². The summed E-state index contributed by atoms with van der Waals surface area (Å²) in [5, 5.41) is 0. The number of amides is 2. The standard InChI is InChI=1S/C20H28FN3O2/c1-16(25)23-9-11-24(12-10-23)20(26)15-22-7-5-17(6-8-22)13-18-3-2-4-19(21)14-18/h2-4,14,17H,5-13,15H2,1H3. The van der Waals surface area contributed by atoms with E-state index in [-0.39, 0.29) is 17.6 Å². The van der Waals surface area contributed by atoms with Gasteiger partial charge in [0.25, 0.3) is 0 Å². The van der Waals surface area contributed by atoms with E-state index in [4.69, 9.17) is 0 Å². The average molecular weight is 361 g/mol. The van der Waals surface area contributed by atoms with Gasteiger partial charge in [0.05, 0.1) is 6.54 Å². The SMILES string of the molecule is CC(=O)N1CCN(C(=O)CN2CCC(Cc3cccc(F)c3)CC2)CC1. The molecule has 2 fully saturated rings. The molecule has 5 nitrogen and oxygen atoms in total. The first-order valence-electron chi connectivity index (χ1n) is 9.51. The molecule has 142 valence electrons. The molecular weight excluding hydrogens is 333 g/mol. The largest absolute Gasteiger partial charge is 0.339 e. The maximum Gasteiger partial charge on any atom is 0.236 e. The number of benzene rings is 1. The number of nitrogens with zero attached hydrogens (tertiary/aromatic N) is 3. The van der Waals surface area contributed by atoms with Gasteiger partial charge in [0.15, 0.2) is 0 Å². The second kappa shape index (κ2) is 8.62. The van der Waals surface area contributed by atoms with Crippen LogP contribution in [0.25, 0.3) is 0 Å². The van der Waals surface area contributed by atoms with Crippen LogP contribution >= 0.6 is 0 Å². The first-order chi connectivity index (χ1) is 12.5. The van der Waals surface area contributed by atoms with Crippen LogP contribution in [-0.2, 0) is 16.0 Å². The molecule has 2 aliphatic heterocycles. The molecule has 2 heterocycles. The summed E-state index contributed by atoms with van der Waals surface area (Å²) in [4.78, 5) is 29.7. The molecule has 2 aliphatic rings. The lowest BCUT2D eigenvalue weighted by molar-refractivity contribution is -0.139. The zero-order chi connectivity index (χ0) is 18.5. The molecule has 2 amide bonds. The second-order valence-electron chi connectivity index (χ2n) is 7.44. The first kappa shape index (κ1) is 18.8. The van der Waals surface area contributed by atoms with Crippen molar-refractivity contribution in [2.45, 2.75) is 26.2 Å². The molecule has 6 heteroatoms. The Bertz CT molecular complexity index is 636. The Kier molecular flexibility index (Phi) is 6.25. The summed E-state index contributed by atoms with van der Waals surface area (Å²) >= 11 is 0. The normalized spacial score (nSPS) is 19.6. The third kappa shape index (κ3) is 5.04. The molecule has 3 rings (SSSR count). The molecule has 0 saturated carbocycles. The van der Waals surface area contributed by atoms with E-state index < -0.39 is 0 Å². The van der Waals surface area contributed by atoms with Gasteiger partial charge in [0, 0.05) is 33.1 Å². The quantitative estimate of drug-likeness (QED) is 0.821. The average Bonchev–Trinajstić information content (AvgIpc) is 2.63. The summed E-state index contributed by atoms with van der Waals surface area (Å²) < 4.78 is 13.3. The van der Waals surface area contributed by atoms with Gasteiger partial charge < -0.3 is 9.80 Å². The molecule has 0 atom stereocenters. The number of hydrogen-bond donors (Lipinski definition) is 0. The Hall–Kier alpha value is -1.95. The molecular formula is C20H28FN3O2. The molecule has 0 unspecified atom stereocenters. The second-order valence-corrected chi connectivity index (χ2v) is 7.44. The minimum absolute atomic E-state index is 0.0810. The van der Waals surface area contributed by atoms with E-state index in [9.17, 15) is 14.0 Å². The number of carbonyl (C=O) groups excluding carboxylic acids is 2. The fraction of sp³-hybridized carbons (Fsp3) is 0.600. The van der Waals surface area contributed by atoms with Crippen LogP contribution in [0.4, 0.5) is 4.39 Å². The molecule has 1 aromatic carbocycles. The minimum atomic E-state index is -0.171. The predicted octanol–water partition coefficient (Wildman–Crippen LogP) is 1.77. The van der Waals surface area contributed by atoms with Gasteiger partial charge in [-0.2, -0.15) is 0 Å². The number of carbonyl (C=O) groups is 2. The number of rotatable bonds is 4. The highest BCUT2D eigenvalue weighted by atomic mass is 19.1. The number of halogens is 1.